The van der Waals surface area contributed by atoms with E-state index >= 15 is 0 Å². The molecule has 1 rings (SSSR count). The summed E-state index contributed by atoms with van der Waals surface area (Å²) in [5, 5.41) is 0. The number of allylic oxidation sites excluding steroid dienone is 2. The van der Waals surface area contributed by atoms with Crippen molar-refractivity contribution >= 4 is 11.6 Å². The van der Waals surface area contributed by atoms with Crippen LogP contribution in [0.5, 0.6) is 0 Å². The van der Waals surface area contributed by atoms with Crippen molar-refractivity contribution in [3.63, 3.8) is 0 Å². The summed E-state index contributed by atoms with van der Waals surface area (Å²) < 4.78 is 9.56. The van der Waals surface area contributed by atoms with Crippen molar-refractivity contribution in [1.29, 1.82) is 0 Å². The zero-order valence-corrected chi connectivity index (χ0v) is 7.71. The number of ketones is 2. The van der Waals surface area contributed by atoms with E-state index in [1.807, 2.05) is 0 Å². The lowest BCUT2D eigenvalue weighted by molar-refractivity contribution is -0.120. The number of ether oxygens (including phenoxy) is 2. The van der Waals surface area contributed by atoms with Crippen molar-refractivity contribution in [3.8, 4) is 0 Å². The van der Waals surface area contributed by atoms with Crippen LogP contribution in [0.4, 0.5) is 0 Å². The topological polar surface area (TPSA) is 52.6 Å². The number of rotatable bonds is 2. The summed E-state index contributed by atoms with van der Waals surface area (Å²) in [6, 6.07) is 0. The summed E-state index contributed by atoms with van der Waals surface area (Å²) in [7, 11) is 2.66. The maximum atomic E-state index is 11.4. The zero-order valence-electron chi connectivity index (χ0n) is 7.71. The highest BCUT2D eigenvalue weighted by molar-refractivity contribution is 6.20. The van der Waals surface area contributed by atoms with Gasteiger partial charge in [0, 0.05) is 5.57 Å². The van der Waals surface area contributed by atoms with Crippen LogP contribution >= 0.6 is 0 Å². The Labute approximate surface area is 75.8 Å². The fraction of sp³-hybridized carbons (Fsp3) is 0.333. The molecule has 0 spiro atoms. The molecule has 0 aromatic heterocycles. The average molecular weight is 184 g/mol. The number of methoxy groups -OCH3 is 2. The van der Waals surface area contributed by atoms with Crippen molar-refractivity contribution in [2.24, 2.45) is 0 Å². The highest BCUT2D eigenvalue weighted by atomic mass is 16.6. The van der Waals surface area contributed by atoms with E-state index < -0.39 is 0 Å². The molecular formula is C9H10O4. The molecule has 0 radical (unpaired) electrons. The van der Waals surface area contributed by atoms with Crippen LogP contribution in [0.3, 0.4) is 0 Å². The molecule has 4 heteroatoms. The molecule has 0 bridgehead atoms. The van der Waals surface area contributed by atoms with Gasteiger partial charge in [0.05, 0.1) is 14.2 Å². The Morgan fingerprint density at radius 3 is 2.08 bits per heavy atom. The second-order valence-corrected chi connectivity index (χ2v) is 2.59. The first-order valence-electron chi connectivity index (χ1n) is 3.71. The van der Waals surface area contributed by atoms with E-state index in [0.717, 1.165) is 0 Å². The lowest BCUT2D eigenvalue weighted by Gasteiger charge is -2.14. The molecule has 0 aromatic carbocycles. The third-order valence-corrected chi connectivity index (χ3v) is 1.75. The first-order valence-corrected chi connectivity index (χ1v) is 3.71. The lowest BCUT2D eigenvalue weighted by Crippen LogP contribution is -2.20. The summed E-state index contributed by atoms with van der Waals surface area (Å²) >= 11 is 0. The summed E-state index contributed by atoms with van der Waals surface area (Å²) in [5.41, 5.74) is 0.364. The van der Waals surface area contributed by atoms with Gasteiger partial charge < -0.3 is 9.47 Å². The monoisotopic (exact) mass is 184 g/mol. The van der Waals surface area contributed by atoms with Gasteiger partial charge in [0.25, 0.3) is 0 Å². The van der Waals surface area contributed by atoms with Crippen LogP contribution in [-0.4, -0.2) is 25.8 Å². The third-order valence-electron chi connectivity index (χ3n) is 1.75. The SMILES string of the molecule is CC1=CC(=O)C(O[13CH3])=C(O[13CH3])C1=O. The zero-order chi connectivity index (χ0) is 10.0. The van der Waals surface area contributed by atoms with E-state index in [1.54, 1.807) is 6.92 Å². The van der Waals surface area contributed by atoms with Gasteiger partial charge >= 0.3 is 0 Å². The molecule has 0 aromatic rings. The molecule has 0 saturated heterocycles. The molecule has 0 aliphatic heterocycles. The molecule has 1 aliphatic carbocycles. The van der Waals surface area contributed by atoms with Crippen molar-refractivity contribution in [2.75, 3.05) is 14.2 Å². The van der Waals surface area contributed by atoms with Gasteiger partial charge in [0.2, 0.25) is 23.1 Å². The number of carbonyl (C=O) groups is 2. The predicted octanol–water partition coefficient (Wildman–Crippen LogP) is 0.589. The first kappa shape index (κ1) is 9.51. The van der Waals surface area contributed by atoms with E-state index in [0.29, 0.717) is 5.57 Å². The molecule has 13 heavy (non-hydrogen) atoms. The largest absolute Gasteiger partial charge is 0.490 e. The van der Waals surface area contributed by atoms with E-state index in [1.165, 1.54) is 20.3 Å². The second kappa shape index (κ2) is 3.43. The number of hydrogen-bond acceptors (Lipinski definition) is 4. The van der Waals surface area contributed by atoms with Crippen LogP contribution in [0.15, 0.2) is 23.2 Å². The van der Waals surface area contributed by atoms with Gasteiger partial charge in [-0.25, -0.2) is 0 Å². The second-order valence-electron chi connectivity index (χ2n) is 2.59. The van der Waals surface area contributed by atoms with Crippen molar-refractivity contribution in [3.05, 3.63) is 23.2 Å². The lowest BCUT2D eigenvalue weighted by atomic mass is 10.0. The molecule has 70 valence electrons. The maximum Gasteiger partial charge on any atom is 0.227 e. The fourth-order valence-corrected chi connectivity index (χ4v) is 1.10. The molecule has 0 atom stereocenters. The van der Waals surface area contributed by atoms with Crippen molar-refractivity contribution in [1.82, 2.24) is 0 Å². The number of hydrogen-bond donors (Lipinski definition) is 0. The van der Waals surface area contributed by atoms with Gasteiger partial charge in [-0.1, -0.05) is 0 Å². The van der Waals surface area contributed by atoms with Crippen molar-refractivity contribution < 1.29 is 19.1 Å². The normalized spacial score (nSPS) is 17.3. The Balaban J connectivity index is 3.19. The summed E-state index contributed by atoms with van der Waals surface area (Å²) in [6.45, 7) is 1.56. The molecule has 0 fully saturated rings. The van der Waals surface area contributed by atoms with Crippen LogP contribution in [0.25, 0.3) is 0 Å². The van der Waals surface area contributed by atoms with Gasteiger partial charge in [-0.2, -0.15) is 0 Å². The molecule has 4 nitrogen and oxygen atoms in total. The highest BCUT2D eigenvalue weighted by Gasteiger charge is 2.28. The van der Waals surface area contributed by atoms with Crippen LogP contribution in [-0.2, 0) is 19.1 Å². The average Bonchev–Trinajstić information content (AvgIpc) is 2.10. The molecule has 0 heterocycles. The molecular weight excluding hydrogens is 174 g/mol. The maximum absolute atomic E-state index is 11.4. The predicted molar refractivity (Wildman–Crippen MR) is 44.8 cm³/mol. The van der Waals surface area contributed by atoms with Crippen LogP contribution in [0, 0.1) is 0 Å². The minimum absolute atomic E-state index is 0.0208. The third kappa shape index (κ3) is 1.47. The molecule has 0 unspecified atom stereocenters. The first-order chi connectivity index (χ1) is 6.11. The van der Waals surface area contributed by atoms with E-state index in [4.69, 9.17) is 9.47 Å². The van der Waals surface area contributed by atoms with Crippen LogP contribution in [0.2, 0.25) is 0 Å². The summed E-state index contributed by atoms with van der Waals surface area (Å²) in [6.07, 6.45) is 1.24. The van der Waals surface area contributed by atoms with Gasteiger partial charge in [0.1, 0.15) is 0 Å². The Kier molecular flexibility index (Phi) is 2.51. The standard InChI is InChI=1S/C9H10O4/c1-5-4-6(10)8(12-2)9(13-3)7(5)11/h4H,1-3H3/i2+1,3+1. The minimum Gasteiger partial charge on any atom is -0.490 e. The quantitative estimate of drug-likeness (QED) is 0.465. The molecule has 1 aliphatic rings. The summed E-state index contributed by atoms with van der Waals surface area (Å²) in [5.74, 6) is -0.694. The van der Waals surface area contributed by atoms with E-state index in [9.17, 15) is 9.59 Å². The molecule has 0 saturated carbocycles. The summed E-state index contributed by atoms with van der Waals surface area (Å²) in [4.78, 5) is 22.6. The highest BCUT2D eigenvalue weighted by Crippen LogP contribution is 2.19. The van der Waals surface area contributed by atoms with Gasteiger partial charge in [-0.05, 0) is 13.0 Å². The Morgan fingerprint density at radius 1 is 1.08 bits per heavy atom. The Morgan fingerprint density at radius 2 is 1.62 bits per heavy atom. The van der Waals surface area contributed by atoms with Gasteiger partial charge in [-0.3, -0.25) is 9.59 Å². The Bertz CT molecular complexity index is 323. The smallest absolute Gasteiger partial charge is 0.227 e. The van der Waals surface area contributed by atoms with Gasteiger partial charge in [0.15, 0.2) is 0 Å². The van der Waals surface area contributed by atoms with E-state index in [2.05, 4.69) is 0 Å². The minimum atomic E-state index is -0.337. The van der Waals surface area contributed by atoms with Crippen molar-refractivity contribution in [2.45, 2.75) is 6.92 Å². The van der Waals surface area contributed by atoms with Gasteiger partial charge in [-0.15, -0.1) is 0 Å². The molecule has 0 N–H and O–H groups in total. The van der Waals surface area contributed by atoms with Crippen LogP contribution in [0.1, 0.15) is 6.92 Å². The Hall–Kier alpha value is -1.58. The van der Waals surface area contributed by atoms with Crippen LogP contribution < -0.4 is 0 Å². The number of carbonyl (C=O) groups excluding carboxylic acids is 2. The van der Waals surface area contributed by atoms with E-state index in [-0.39, 0.29) is 23.1 Å². The molecule has 0 amide bonds. The number of Topliss-reactive ketones (excluding diaryl/α,β-unsaturated/α-hetero) is 1. The fourth-order valence-electron chi connectivity index (χ4n) is 1.10.